The lowest BCUT2D eigenvalue weighted by Gasteiger charge is -2.07. The Morgan fingerprint density at radius 1 is 1.29 bits per heavy atom. The molecule has 1 aromatic carbocycles. The summed E-state index contributed by atoms with van der Waals surface area (Å²) in [6.07, 6.45) is 0. The summed E-state index contributed by atoms with van der Waals surface area (Å²) in [6.45, 7) is 1.39. The van der Waals surface area contributed by atoms with Crippen LogP contribution in [0.25, 0.3) is 10.9 Å². The molecule has 0 aliphatic rings. The number of ether oxygens (including phenoxy) is 1. The van der Waals surface area contributed by atoms with Crippen LogP contribution in [0.2, 0.25) is 0 Å². The Balaban J connectivity index is 2.59. The smallest absolute Gasteiger partial charge is 0.308 e. The normalized spacial score (nSPS) is 10.8. The molecular weight excluding hydrogens is 444 g/mol. The highest BCUT2D eigenvalue weighted by atomic mass is 127. The molecule has 88 valence electrons. The molecule has 0 atom stereocenters. The van der Waals surface area contributed by atoms with Gasteiger partial charge in [0.05, 0.1) is 5.69 Å². The molecule has 2 rings (SSSR count). The number of pyridine rings is 1. The van der Waals surface area contributed by atoms with Gasteiger partial charge in [0.25, 0.3) is 0 Å². The number of aromatic nitrogens is 1. The van der Waals surface area contributed by atoms with Gasteiger partial charge in [-0.25, -0.2) is 4.98 Å². The van der Waals surface area contributed by atoms with Crippen LogP contribution in [-0.2, 0) is 4.79 Å². The summed E-state index contributed by atoms with van der Waals surface area (Å²) in [7, 11) is 0. The molecule has 0 fully saturated rings. The molecule has 3 nitrogen and oxygen atoms in total. The summed E-state index contributed by atoms with van der Waals surface area (Å²) < 4.78 is 5.45. The van der Waals surface area contributed by atoms with Gasteiger partial charge in [0.2, 0.25) is 0 Å². The van der Waals surface area contributed by atoms with E-state index in [1.807, 2.05) is 24.3 Å². The van der Waals surface area contributed by atoms with Crippen molar-refractivity contribution in [2.24, 2.45) is 0 Å². The number of fused-ring (bicyclic) bond motifs is 1. The van der Waals surface area contributed by atoms with Gasteiger partial charge in [0.1, 0.15) is 7.45 Å². The average molecular weight is 453 g/mol. The van der Waals surface area contributed by atoms with E-state index < -0.39 is 0 Å². The number of halogens is 2. The minimum atomic E-state index is -0.329. The number of para-hydroxylation sites is 1. The maximum Gasteiger partial charge on any atom is 0.308 e. The van der Waals surface area contributed by atoms with E-state index in [4.69, 9.17) is 4.74 Å². The Morgan fingerprint density at radius 3 is 2.71 bits per heavy atom. The minimum Gasteiger partial charge on any atom is -0.424 e. The second kappa shape index (κ2) is 5.47. The molecule has 0 unspecified atom stereocenters. The van der Waals surface area contributed by atoms with E-state index in [9.17, 15) is 4.79 Å². The van der Waals surface area contributed by atoms with E-state index in [-0.39, 0.29) is 5.97 Å². The summed E-state index contributed by atoms with van der Waals surface area (Å²) >= 11 is 4.59. The average Bonchev–Trinajstić information content (AvgIpc) is 2.28. The quantitative estimate of drug-likeness (QED) is 0.299. The molecule has 0 radical (unpaired) electrons. The van der Waals surface area contributed by atoms with Crippen molar-refractivity contribution < 1.29 is 9.53 Å². The zero-order valence-electron chi connectivity index (χ0n) is 8.98. The molecule has 5 heteroatoms. The van der Waals surface area contributed by atoms with Crippen LogP contribution in [-0.4, -0.2) is 11.0 Å². The van der Waals surface area contributed by atoms with Crippen LogP contribution in [0.4, 0.5) is 0 Å². The summed E-state index contributed by atoms with van der Waals surface area (Å²) in [5.41, 5.74) is 1.71. The van der Waals surface area contributed by atoms with Gasteiger partial charge in [-0.3, -0.25) is 4.79 Å². The molecule has 0 aliphatic carbocycles. The zero-order valence-corrected chi connectivity index (χ0v) is 13.3. The first-order valence-corrected chi connectivity index (χ1v) is 7.43. The number of hydrogen-bond acceptors (Lipinski definition) is 3. The molecule has 0 saturated heterocycles. The molecule has 0 aliphatic heterocycles. The van der Waals surface area contributed by atoms with Crippen LogP contribution in [0.3, 0.4) is 0 Å². The third-order valence-corrected chi connectivity index (χ3v) is 3.46. The standard InChI is InChI=1S/C12H9I2NO2/c1-7(16)17-10-4-2-3-8-5-6-9(12(13)14)15-11(8)10/h2-6,12H,1H3. The third-order valence-electron chi connectivity index (χ3n) is 2.18. The predicted molar refractivity (Wildman–Crippen MR) is 83.8 cm³/mol. The molecule has 2 aromatic rings. The van der Waals surface area contributed by atoms with Gasteiger partial charge >= 0.3 is 5.97 Å². The van der Waals surface area contributed by atoms with E-state index in [0.29, 0.717) is 7.68 Å². The van der Waals surface area contributed by atoms with Gasteiger partial charge in [-0.15, -0.1) is 0 Å². The Hall–Kier alpha value is -0.440. The van der Waals surface area contributed by atoms with E-state index in [0.717, 1.165) is 16.6 Å². The molecule has 17 heavy (non-hydrogen) atoms. The summed E-state index contributed by atoms with van der Waals surface area (Å²) in [4.78, 5) is 15.6. The fraction of sp³-hybridized carbons (Fsp3) is 0.167. The Labute approximate surface area is 126 Å². The van der Waals surface area contributed by atoms with Gasteiger partial charge < -0.3 is 4.74 Å². The lowest BCUT2D eigenvalue weighted by molar-refractivity contribution is -0.131. The molecule has 0 amide bonds. The molecule has 0 spiro atoms. The molecular formula is C12H9I2NO2. The Kier molecular flexibility index (Phi) is 4.18. The highest BCUT2D eigenvalue weighted by Crippen LogP contribution is 2.32. The number of alkyl halides is 2. The molecule has 0 N–H and O–H groups in total. The third kappa shape index (κ3) is 3.06. The van der Waals surface area contributed by atoms with Crippen LogP contribution < -0.4 is 4.74 Å². The topological polar surface area (TPSA) is 39.2 Å². The number of carbonyl (C=O) groups is 1. The van der Waals surface area contributed by atoms with E-state index >= 15 is 0 Å². The molecule has 1 aromatic heterocycles. The van der Waals surface area contributed by atoms with Gasteiger partial charge in [-0.2, -0.15) is 0 Å². The first kappa shape index (κ1) is 13.0. The molecule has 1 heterocycles. The number of hydrogen-bond donors (Lipinski definition) is 0. The minimum absolute atomic E-state index is 0.292. The lowest BCUT2D eigenvalue weighted by Crippen LogP contribution is -2.02. The van der Waals surface area contributed by atoms with Gasteiger partial charge in [-0.05, 0) is 12.1 Å². The number of rotatable bonds is 2. The number of carbonyl (C=O) groups excluding carboxylic acids is 1. The van der Waals surface area contributed by atoms with E-state index in [1.165, 1.54) is 6.92 Å². The highest BCUT2D eigenvalue weighted by molar-refractivity contribution is 14.2. The molecule has 0 saturated carbocycles. The highest BCUT2D eigenvalue weighted by Gasteiger charge is 2.09. The van der Waals surface area contributed by atoms with Crippen molar-refractivity contribution in [3.8, 4) is 5.75 Å². The SMILES string of the molecule is CC(=O)Oc1cccc2ccc(C(I)I)nc12. The van der Waals surface area contributed by atoms with Gasteiger partial charge in [0.15, 0.2) is 5.75 Å². The molecule has 0 bridgehead atoms. The maximum atomic E-state index is 11.0. The van der Waals surface area contributed by atoms with Crippen molar-refractivity contribution in [3.63, 3.8) is 0 Å². The van der Waals surface area contributed by atoms with E-state index in [2.05, 4.69) is 50.2 Å². The van der Waals surface area contributed by atoms with Crippen LogP contribution in [0, 0.1) is 0 Å². The summed E-state index contributed by atoms with van der Waals surface area (Å²) in [5, 5.41) is 0.973. The monoisotopic (exact) mass is 453 g/mol. The first-order valence-electron chi connectivity index (χ1n) is 4.94. The van der Waals surface area contributed by atoms with Crippen LogP contribution in [0.1, 0.15) is 14.5 Å². The second-order valence-electron chi connectivity index (χ2n) is 3.46. The summed E-state index contributed by atoms with van der Waals surface area (Å²) in [6, 6.07) is 9.55. The number of esters is 1. The van der Waals surface area contributed by atoms with Crippen molar-refractivity contribution in [2.75, 3.05) is 0 Å². The fourth-order valence-electron chi connectivity index (χ4n) is 1.49. The van der Waals surface area contributed by atoms with E-state index in [1.54, 1.807) is 6.07 Å². The van der Waals surface area contributed by atoms with Crippen LogP contribution in [0.5, 0.6) is 5.75 Å². The summed E-state index contributed by atoms with van der Waals surface area (Å²) in [5.74, 6) is 0.190. The van der Waals surface area contributed by atoms with Crippen molar-refractivity contribution in [3.05, 3.63) is 36.0 Å². The Morgan fingerprint density at radius 2 is 2.06 bits per heavy atom. The van der Waals surface area contributed by atoms with Gasteiger partial charge in [-0.1, -0.05) is 63.4 Å². The second-order valence-corrected chi connectivity index (χ2v) is 8.33. The zero-order chi connectivity index (χ0) is 12.4. The van der Waals surface area contributed by atoms with Crippen molar-refractivity contribution >= 4 is 62.1 Å². The fourth-order valence-corrected chi connectivity index (χ4v) is 2.19. The largest absolute Gasteiger partial charge is 0.424 e. The van der Waals surface area contributed by atoms with Gasteiger partial charge in [0, 0.05) is 12.3 Å². The van der Waals surface area contributed by atoms with Crippen LogP contribution in [0.15, 0.2) is 30.3 Å². The van der Waals surface area contributed by atoms with Crippen LogP contribution >= 0.6 is 45.2 Å². The van der Waals surface area contributed by atoms with Crippen molar-refractivity contribution in [1.29, 1.82) is 0 Å². The van der Waals surface area contributed by atoms with Crippen molar-refractivity contribution in [2.45, 2.75) is 8.86 Å². The maximum absolute atomic E-state index is 11.0. The number of nitrogens with zero attached hydrogens (tertiary/aromatic N) is 1. The Bertz CT molecular complexity index is 569. The lowest BCUT2D eigenvalue weighted by atomic mass is 10.2. The first-order chi connectivity index (χ1) is 8.08. The van der Waals surface area contributed by atoms with Crippen molar-refractivity contribution in [1.82, 2.24) is 4.98 Å². The number of benzene rings is 1. The predicted octanol–water partition coefficient (Wildman–Crippen LogP) is 4.03.